The first-order valence-corrected chi connectivity index (χ1v) is 8.61. The molecule has 1 atom stereocenters. The lowest BCUT2D eigenvalue weighted by molar-refractivity contribution is -0.126. The summed E-state index contributed by atoms with van der Waals surface area (Å²) < 4.78 is 0. The molecule has 122 valence electrons. The van der Waals surface area contributed by atoms with Crippen molar-refractivity contribution in [3.05, 3.63) is 35.4 Å². The van der Waals surface area contributed by atoms with E-state index in [-0.39, 0.29) is 11.8 Å². The summed E-state index contributed by atoms with van der Waals surface area (Å²) in [6.07, 6.45) is 3.21. The van der Waals surface area contributed by atoms with Crippen LogP contribution in [-0.4, -0.2) is 30.4 Å². The lowest BCUT2D eigenvalue weighted by Crippen LogP contribution is -2.43. The summed E-state index contributed by atoms with van der Waals surface area (Å²) in [6.45, 7) is 10.3. The predicted molar refractivity (Wildman–Crippen MR) is 91.6 cm³/mol. The highest BCUT2D eigenvalue weighted by molar-refractivity contribution is 5.78. The van der Waals surface area contributed by atoms with Crippen molar-refractivity contribution >= 4 is 5.91 Å². The van der Waals surface area contributed by atoms with Crippen LogP contribution in [0.15, 0.2) is 24.3 Å². The molecule has 3 heteroatoms. The van der Waals surface area contributed by atoms with Crippen molar-refractivity contribution in [1.82, 2.24) is 10.2 Å². The van der Waals surface area contributed by atoms with Gasteiger partial charge < -0.3 is 5.32 Å². The Hall–Kier alpha value is -1.35. The fourth-order valence-corrected chi connectivity index (χ4v) is 3.07. The van der Waals surface area contributed by atoms with Gasteiger partial charge in [0.05, 0.1) is 5.92 Å². The van der Waals surface area contributed by atoms with E-state index in [9.17, 15) is 4.79 Å². The molecule has 1 aliphatic heterocycles. The monoisotopic (exact) mass is 302 g/mol. The van der Waals surface area contributed by atoms with Crippen LogP contribution in [0.3, 0.4) is 0 Å². The van der Waals surface area contributed by atoms with Crippen molar-refractivity contribution in [2.45, 2.75) is 46.6 Å². The third-order valence-corrected chi connectivity index (χ3v) is 4.55. The molecule has 22 heavy (non-hydrogen) atoms. The quantitative estimate of drug-likeness (QED) is 0.874. The summed E-state index contributed by atoms with van der Waals surface area (Å²) in [4.78, 5) is 14.7. The van der Waals surface area contributed by atoms with Gasteiger partial charge >= 0.3 is 0 Å². The normalized spacial score (nSPS) is 19.4. The first-order valence-electron chi connectivity index (χ1n) is 8.61. The SMILES string of the molecule is Cc1ccccc1CN1CCCC(C(=O)NCCC(C)C)C1. The molecule has 1 amide bonds. The van der Waals surface area contributed by atoms with Crippen LogP contribution in [-0.2, 0) is 11.3 Å². The molecule has 1 aromatic rings. The molecular formula is C19H30N2O. The summed E-state index contributed by atoms with van der Waals surface area (Å²) in [6, 6.07) is 8.54. The molecule has 0 saturated carbocycles. The van der Waals surface area contributed by atoms with Gasteiger partial charge in [-0.05, 0) is 49.8 Å². The van der Waals surface area contributed by atoms with Crippen molar-refractivity contribution in [2.75, 3.05) is 19.6 Å². The van der Waals surface area contributed by atoms with Gasteiger partial charge in [-0.3, -0.25) is 9.69 Å². The minimum Gasteiger partial charge on any atom is -0.356 e. The maximum atomic E-state index is 12.3. The van der Waals surface area contributed by atoms with Crippen LogP contribution in [0.4, 0.5) is 0 Å². The Labute approximate surface area is 135 Å². The van der Waals surface area contributed by atoms with Gasteiger partial charge in [0.15, 0.2) is 0 Å². The highest BCUT2D eigenvalue weighted by Crippen LogP contribution is 2.20. The number of hydrogen-bond donors (Lipinski definition) is 1. The second kappa shape index (κ2) is 8.33. The van der Waals surface area contributed by atoms with Crippen molar-refractivity contribution < 1.29 is 4.79 Å². The molecule has 1 fully saturated rings. The number of amides is 1. The van der Waals surface area contributed by atoms with E-state index in [2.05, 4.69) is 55.3 Å². The van der Waals surface area contributed by atoms with Gasteiger partial charge in [-0.25, -0.2) is 0 Å². The number of piperidine rings is 1. The van der Waals surface area contributed by atoms with Crippen LogP contribution >= 0.6 is 0 Å². The fourth-order valence-electron chi connectivity index (χ4n) is 3.07. The highest BCUT2D eigenvalue weighted by atomic mass is 16.1. The second-order valence-electron chi connectivity index (χ2n) is 6.97. The Morgan fingerprint density at radius 1 is 1.36 bits per heavy atom. The number of rotatable bonds is 6. The van der Waals surface area contributed by atoms with E-state index in [1.165, 1.54) is 11.1 Å². The number of likely N-dealkylation sites (tertiary alicyclic amines) is 1. The van der Waals surface area contributed by atoms with Crippen LogP contribution in [0.2, 0.25) is 0 Å². The van der Waals surface area contributed by atoms with E-state index in [1.54, 1.807) is 0 Å². The zero-order valence-corrected chi connectivity index (χ0v) is 14.3. The number of hydrogen-bond acceptors (Lipinski definition) is 2. The molecule has 0 aliphatic carbocycles. The van der Waals surface area contributed by atoms with Crippen LogP contribution in [0, 0.1) is 18.8 Å². The average molecular weight is 302 g/mol. The summed E-state index contributed by atoms with van der Waals surface area (Å²) >= 11 is 0. The molecule has 1 N–H and O–H groups in total. The number of nitrogens with zero attached hydrogens (tertiary/aromatic N) is 1. The first kappa shape index (κ1) is 17.0. The molecule has 0 bridgehead atoms. The number of carbonyl (C=O) groups is 1. The molecule has 0 spiro atoms. The van der Waals surface area contributed by atoms with Crippen molar-refractivity contribution in [2.24, 2.45) is 11.8 Å². The van der Waals surface area contributed by atoms with Crippen LogP contribution in [0.1, 0.15) is 44.2 Å². The Morgan fingerprint density at radius 3 is 2.86 bits per heavy atom. The summed E-state index contributed by atoms with van der Waals surface area (Å²) in [5.74, 6) is 1.05. The third-order valence-electron chi connectivity index (χ3n) is 4.55. The molecule has 1 aromatic carbocycles. The standard InChI is InChI=1S/C19H30N2O/c1-15(2)10-11-20-19(22)18-9-6-12-21(14-18)13-17-8-5-4-7-16(17)3/h4-5,7-8,15,18H,6,9-14H2,1-3H3,(H,20,22). The van der Waals surface area contributed by atoms with Crippen molar-refractivity contribution in [3.8, 4) is 0 Å². The molecule has 0 radical (unpaired) electrons. The smallest absolute Gasteiger partial charge is 0.224 e. The minimum absolute atomic E-state index is 0.157. The zero-order chi connectivity index (χ0) is 15.9. The molecule has 2 rings (SSSR count). The highest BCUT2D eigenvalue weighted by Gasteiger charge is 2.25. The van der Waals surface area contributed by atoms with E-state index in [4.69, 9.17) is 0 Å². The van der Waals surface area contributed by atoms with E-state index >= 15 is 0 Å². The first-order chi connectivity index (χ1) is 10.6. The number of benzene rings is 1. The lowest BCUT2D eigenvalue weighted by atomic mass is 9.96. The third kappa shape index (κ3) is 5.13. The molecular weight excluding hydrogens is 272 g/mol. The Balaban J connectivity index is 1.83. The molecule has 3 nitrogen and oxygen atoms in total. The van der Waals surface area contributed by atoms with E-state index in [0.29, 0.717) is 5.92 Å². The zero-order valence-electron chi connectivity index (χ0n) is 14.3. The summed E-state index contributed by atoms with van der Waals surface area (Å²) in [5, 5.41) is 3.11. The number of nitrogens with one attached hydrogen (secondary N) is 1. The van der Waals surface area contributed by atoms with Crippen LogP contribution in [0.25, 0.3) is 0 Å². The molecule has 1 aliphatic rings. The van der Waals surface area contributed by atoms with E-state index in [1.807, 2.05) is 0 Å². The van der Waals surface area contributed by atoms with Gasteiger partial charge in [0.25, 0.3) is 0 Å². The van der Waals surface area contributed by atoms with Gasteiger partial charge in [-0.1, -0.05) is 38.1 Å². The fraction of sp³-hybridized carbons (Fsp3) is 0.632. The average Bonchev–Trinajstić information content (AvgIpc) is 2.49. The summed E-state index contributed by atoms with van der Waals surface area (Å²) in [7, 11) is 0. The Kier molecular flexibility index (Phi) is 6.44. The van der Waals surface area contributed by atoms with E-state index < -0.39 is 0 Å². The topological polar surface area (TPSA) is 32.3 Å². The summed E-state index contributed by atoms with van der Waals surface area (Å²) in [5.41, 5.74) is 2.72. The Morgan fingerprint density at radius 2 is 2.14 bits per heavy atom. The predicted octanol–water partition coefficient (Wildman–Crippen LogP) is 3.37. The molecule has 1 unspecified atom stereocenters. The van der Waals surface area contributed by atoms with Gasteiger partial charge in [0, 0.05) is 19.6 Å². The number of carbonyl (C=O) groups excluding carboxylic acids is 1. The number of aryl methyl sites for hydroxylation is 1. The van der Waals surface area contributed by atoms with E-state index in [0.717, 1.165) is 45.4 Å². The maximum absolute atomic E-state index is 12.3. The largest absolute Gasteiger partial charge is 0.356 e. The molecule has 1 heterocycles. The van der Waals surface area contributed by atoms with Gasteiger partial charge in [-0.2, -0.15) is 0 Å². The molecule has 0 aromatic heterocycles. The molecule has 1 saturated heterocycles. The van der Waals surface area contributed by atoms with Crippen molar-refractivity contribution in [1.29, 1.82) is 0 Å². The lowest BCUT2D eigenvalue weighted by Gasteiger charge is -2.32. The van der Waals surface area contributed by atoms with Gasteiger partial charge in [0.2, 0.25) is 5.91 Å². The second-order valence-corrected chi connectivity index (χ2v) is 6.97. The van der Waals surface area contributed by atoms with Crippen molar-refractivity contribution in [3.63, 3.8) is 0 Å². The minimum atomic E-state index is 0.157. The Bertz CT molecular complexity index is 484. The van der Waals surface area contributed by atoms with Gasteiger partial charge in [-0.15, -0.1) is 0 Å². The van der Waals surface area contributed by atoms with Crippen LogP contribution in [0.5, 0.6) is 0 Å². The van der Waals surface area contributed by atoms with Gasteiger partial charge in [0.1, 0.15) is 0 Å². The maximum Gasteiger partial charge on any atom is 0.224 e. The van der Waals surface area contributed by atoms with Crippen LogP contribution < -0.4 is 5.32 Å².